The van der Waals surface area contributed by atoms with Gasteiger partial charge in [-0.15, -0.1) is 11.3 Å². The van der Waals surface area contributed by atoms with Gasteiger partial charge in [0.25, 0.3) is 5.56 Å². The summed E-state index contributed by atoms with van der Waals surface area (Å²) in [7, 11) is 0. The van der Waals surface area contributed by atoms with Gasteiger partial charge >= 0.3 is 0 Å². The lowest BCUT2D eigenvalue weighted by atomic mass is 10.2. The minimum atomic E-state index is 0.00834. The molecule has 0 atom stereocenters. The van der Waals surface area contributed by atoms with Gasteiger partial charge in [-0.1, -0.05) is 54.9 Å². The third-order valence-corrected chi connectivity index (χ3v) is 6.17. The van der Waals surface area contributed by atoms with Crippen LogP contribution in [0.4, 0.5) is 0 Å². The Morgan fingerprint density at radius 2 is 2.04 bits per heavy atom. The van der Waals surface area contributed by atoms with E-state index in [1.807, 2.05) is 41.8 Å². The van der Waals surface area contributed by atoms with Crippen LogP contribution in [0.25, 0.3) is 21.6 Å². The summed E-state index contributed by atoms with van der Waals surface area (Å²) in [5.74, 6) is 1.59. The van der Waals surface area contributed by atoms with Crippen molar-refractivity contribution in [2.75, 3.05) is 0 Å². The Bertz CT molecular complexity index is 1120. The molecule has 0 radical (unpaired) electrons. The number of rotatable bonds is 8. The lowest BCUT2D eigenvalue weighted by molar-refractivity contribution is 0.391. The molecule has 6 nitrogen and oxygen atoms in total. The van der Waals surface area contributed by atoms with Gasteiger partial charge in [0.1, 0.15) is 0 Å². The van der Waals surface area contributed by atoms with E-state index in [1.54, 1.807) is 15.9 Å². The summed E-state index contributed by atoms with van der Waals surface area (Å²) in [6, 6.07) is 11.4. The molecule has 0 aliphatic heterocycles. The van der Waals surface area contributed by atoms with Gasteiger partial charge in [-0.2, -0.15) is 4.98 Å². The van der Waals surface area contributed by atoms with Crippen LogP contribution in [0.15, 0.2) is 56.3 Å². The molecule has 28 heavy (non-hydrogen) atoms. The van der Waals surface area contributed by atoms with E-state index in [0.717, 1.165) is 24.1 Å². The molecule has 4 rings (SSSR count). The molecule has 0 bridgehead atoms. The average molecular weight is 413 g/mol. The third-order valence-electron chi connectivity index (χ3n) is 4.35. The fourth-order valence-electron chi connectivity index (χ4n) is 2.92. The van der Waals surface area contributed by atoms with Crippen molar-refractivity contribution >= 4 is 34.0 Å². The lowest BCUT2D eigenvalue weighted by Crippen LogP contribution is -2.23. The molecule has 0 N–H and O–H groups in total. The predicted molar refractivity (Wildman–Crippen MR) is 113 cm³/mol. The van der Waals surface area contributed by atoms with Crippen LogP contribution in [0.3, 0.4) is 0 Å². The molecule has 0 amide bonds. The summed E-state index contributed by atoms with van der Waals surface area (Å²) in [4.78, 5) is 23.1. The van der Waals surface area contributed by atoms with E-state index in [9.17, 15) is 4.79 Å². The highest BCUT2D eigenvalue weighted by atomic mass is 32.2. The zero-order valence-corrected chi connectivity index (χ0v) is 17.1. The monoisotopic (exact) mass is 412 g/mol. The van der Waals surface area contributed by atoms with Gasteiger partial charge in [0.05, 0.1) is 21.5 Å². The van der Waals surface area contributed by atoms with Gasteiger partial charge in [-0.05, 0) is 30.0 Å². The van der Waals surface area contributed by atoms with Crippen molar-refractivity contribution in [2.45, 2.75) is 43.6 Å². The molecular formula is C20H20N4O2S2. The SMILES string of the molecule is CCCCCn1c(SCc2nc(-c3cccs3)no2)nc2ccccc2c1=O. The number of para-hydroxylation sites is 1. The molecule has 0 aliphatic rings. The summed E-state index contributed by atoms with van der Waals surface area (Å²) >= 11 is 3.03. The molecule has 0 spiro atoms. The zero-order chi connectivity index (χ0) is 19.3. The number of thiophene rings is 1. The maximum absolute atomic E-state index is 13.0. The topological polar surface area (TPSA) is 73.8 Å². The quantitative estimate of drug-likeness (QED) is 0.231. The minimum absolute atomic E-state index is 0.00834. The van der Waals surface area contributed by atoms with Crippen molar-refractivity contribution < 1.29 is 4.52 Å². The van der Waals surface area contributed by atoms with Gasteiger partial charge in [0.15, 0.2) is 5.16 Å². The van der Waals surface area contributed by atoms with Crippen molar-refractivity contribution in [1.29, 1.82) is 0 Å². The van der Waals surface area contributed by atoms with Crippen LogP contribution in [0, 0.1) is 0 Å². The molecule has 0 unspecified atom stereocenters. The highest BCUT2D eigenvalue weighted by Crippen LogP contribution is 2.25. The van der Waals surface area contributed by atoms with Crippen molar-refractivity contribution in [3.05, 3.63) is 58.0 Å². The maximum atomic E-state index is 13.0. The molecular weight excluding hydrogens is 392 g/mol. The van der Waals surface area contributed by atoms with E-state index in [2.05, 4.69) is 17.1 Å². The Labute approximate surface area is 170 Å². The predicted octanol–water partition coefficient (Wildman–Crippen LogP) is 4.99. The van der Waals surface area contributed by atoms with Crippen LogP contribution in [0.2, 0.25) is 0 Å². The first kappa shape index (κ1) is 18.9. The Morgan fingerprint density at radius 3 is 2.86 bits per heavy atom. The number of fused-ring (bicyclic) bond motifs is 1. The molecule has 0 saturated heterocycles. The van der Waals surface area contributed by atoms with E-state index in [-0.39, 0.29) is 5.56 Å². The fraction of sp³-hybridized carbons (Fsp3) is 0.300. The maximum Gasteiger partial charge on any atom is 0.262 e. The minimum Gasteiger partial charge on any atom is -0.338 e. The van der Waals surface area contributed by atoms with Gasteiger partial charge in [0, 0.05) is 6.54 Å². The molecule has 8 heteroatoms. The van der Waals surface area contributed by atoms with E-state index < -0.39 is 0 Å². The zero-order valence-electron chi connectivity index (χ0n) is 15.5. The molecule has 3 aromatic heterocycles. The summed E-state index contributed by atoms with van der Waals surface area (Å²) in [5, 5.41) is 7.37. The molecule has 0 aliphatic carbocycles. The Kier molecular flexibility index (Phi) is 5.87. The summed E-state index contributed by atoms with van der Waals surface area (Å²) < 4.78 is 7.15. The third kappa shape index (κ3) is 4.02. The summed E-state index contributed by atoms with van der Waals surface area (Å²) in [5.41, 5.74) is 0.723. The van der Waals surface area contributed by atoms with Gasteiger partial charge in [-0.3, -0.25) is 9.36 Å². The second kappa shape index (κ2) is 8.70. The van der Waals surface area contributed by atoms with E-state index >= 15 is 0 Å². The second-order valence-corrected chi connectivity index (χ2v) is 8.24. The number of aromatic nitrogens is 4. The van der Waals surface area contributed by atoms with Crippen LogP contribution >= 0.6 is 23.1 Å². The first-order chi connectivity index (χ1) is 13.8. The first-order valence-corrected chi connectivity index (χ1v) is 11.1. The number of hydrogen-bond acceptors (Lipinski definition) is 7. The molecule has 1 aromatic carbocycles. The number of hydrogen-bond donors (Lipinski definition) is 0. The summed E-state index contributed by atoms with van der Waals surface area (Å²) in [6.45, 7) is 2.81. The van der Waals surface area contributed by atoms with Crippen molar-refractivity contribution in [2.24, 2.45) is 0 Å². The second-order valence-electron chi connectivity index (χ2n) is 6.35. The number of unbranched alkanes of at least 4 members (excludes halogenated alkanes) is 2. The number of benzene rings is 1. The van der Waals surface area contributed by atoms with E-state index in [0.29, 0.717) is 40.1 Å². The Hall–Kier alpha value is -2.45. The van der Waals surface area contributed by atoms with Crippen LogP contribution in [0.5, 0.6) is 0 Å². The van der Waals surface area contributed by atoms with Crippen LogP contribution < -0.4 is 5.56 Å². The molecule has 4 aromatic rings. The fourth-order valence-corrected chi connectivity index (χ4v) is 4.43. The highest BCUT2D eigenvalue weighted by molar-refractivity contribution is 7.98. The van der Waals surface area contributed by atoms with E-state index in [1.165, 1.54) is 11.8 Å². The summed E-state index contributed by atoms with van der Waals surface area (Å²) in [6.07, 6.45) is 3.13. The molecule has 144 valence electrons. The molecule has 0 fully saturated rings. The van der Waals surface area contributed by atoms with Crippen molar-refractivity contribution in [3.8, 4) is 10.7 Å². The average Bonchev–Trinajstić information content (AvgIpc) is 3.40. The highest BCUT2D eigenvalue weighted by Gasteiger charge is 2.14. The largest absolute Gasteiger partial charge is 0.338 e. The van der Waals surface area contributed by atoms with Gasteiger partial charge < -0.3 is 4.52 Å². The Balaban J connectivity index is 1.60. The first-order valence-electron chi connectivity index (χ1n) is 9.25. The Morgan fingerprint density at radius 1 is 1.14 bits per heavy atom. The van der Waals surface area contributed by atoms with Crippen LogP contribution in [-0.4, -0.2) is 19.7 Å². The smallest absolute Gasteiger partial charge is 0.262 e. The van der Waals surface area contributed by atoms with E-state index in [4.69, 9.17) is 9.51 Å². The van der Waals surface area contributed by atoms with Crippen LogP contribution in [-0.2, 0) is 12.3 Å². The number of thioether (sulfide) groups is 1. The number of nitrogens with zero attached hydrogens (tertiary/aromatic N) is 4. The van der Waals surface area contributed by atoms with Crippen LogP contribution in [0.1, 0.15) is 32.1 Å². The molecule has 0 saturated carbocycles. The van der Waals surface area contributed by atoms with Gasteiger partial charge in [0.2, 0.25) is 11.7 Å². The normalized spacial score (nSPS) is 11.3. The standard InChI is InChI=1S/C20H20N4O2S2/c1-2-3-6-11-24-19(25)14-8-4-5-9-15(14)21-20(24)28-13-17-22-18(23-26-17)16-10-7-12-27-16/h4-5,7-10,12H,2-3,6,11,13H2,1H3. The van der Waals surface area contributed by atoms with Crippen molar-refractivity contribution in [1.82, 2.24) is 19.7 Å². The molecule has 3 heterocycles. The lowest BCUT2D eigenvalue weighted by Gasteiger charge is -2.12. The van der Waals surface area contributed by atoms with Gasteiger partial charge in [-0.25, -0.2) is 4.98 Å². The van der Waals surface area contributed by atoms with Crippen molar-refractivity contribution in [3.63, 3.8) is 0 Å².